The van der Waals surface area contributed by atoms with Gasteiger partial charge in [-0.1, -0.05) is 66.8 Å². The zero-order chi connectivity index (χ0) is 17.4. The van der Waals surface area contributed by atoms with E-state index in [1.807, 2.05) is 0 Å². The molecule has 4 rings (SSSR count). The third-order valence-electron chi connectivity index (χ3n) is 5.60. The number of rotatable bonds is 2. The van der Waals surface area contributed by atoms with Crippen LogP contribution in [0, 0.1) is 26.7 Å². The molecule has 2 aliphatic carbocycles. The van der Waals surface area contributed by atoms with Gasteiger partial charge in [0.2, 0.25) is 0 Å². The lowest BCUT2D eigenvalue weighted by atomic mass is 9.88. The summed E-state index contributed by atoms with van der Waals surface area (Å²) >= 11 is 0. The van der Waals surface area contributed by atoms with E-state index in [9.17, 15) is 0 Å². The van der Waals surface area contributed by atoms with E-state index in [4.69, 9.17) is 0 Å². The fraction of sp³-hybridized carbons (Fsp3) is 0.360. The zero-order valence-corrected chi connectivity index (χ0v) is 15.7. The van der Waals surface area contributed by atoms with Gasteiger partial charge in [0.05, 0.1) is 0 Å². The Bertz CT molecular complexity index is 930. The highest BCUT2D eigenvalue weighted by Crippen LogP contribution is 2.27. The number of allylic oxidation sites excluding steroid dienone is 2. The molecule has 0 nitrogen and oxygen atoms in total. The van der Waals surface area contributed by atoms with Crippen molar-refractivity contribution in [1.82, 2.24) is 0 Å². The number of hydrogen-bond donors (Lipinski definition) is 0. The molecule has 0 N–H and O–H groups in total. The van der Waals surface area contributed by atoms with Crippen LogP contribution < -0.4 is 10.4 Å². The predicted octanol–water partition coefficient (Wildman–Crippen LogP) is 5.36. The lowest BCUT2D eigenvalue weighted by molar-refractivity contribution is 0.419. The number of hydrogen-bond acceptors (Lipinski definition) is 0. The van der Waals surface area contributed by atoms with Crippen LogP contribution in [0.25, 0.3) is 23.3 Å². The normalized spacial score (nSPS) is 18.8. The Balaban J connectivity index is 1.82. The van der Waals surface area contributed by atoms with Crippen LogP contribution >= 0.6 is 0 Å². The van der Waals surface area contributed by atoms with Crippen LogP contribution in [-0.4, -0.2) is 0 Å². The van der Waals surface area contributed by atoms with Gasteiger partial charge in [0.15, 0.2) is 0 Å². The first-order valence-electron chi connectivity index (χ1n) is 9.73. The molecule has 25 heavy (non-hydrogen) atoms. The maximum atomic E-state index is 2.53. The molecule has 128 valence electrons. The Morgan fingerprint density at radius 2 is 1.44 bits per heavy atom. The molecular weight excluding hydrogens is 300 g/mol. The molecule has 1 fully saturated rings. The molecule has 0 heteroatoms. The Morgan fingerprint density at radius 1 is 0.760 bits per heavy atom. The molecule has 1 saturated carbocycles. The lowest BCUT2D eigenvalue weighted by Crippen LogP contribution is -2.24. The molecule has 0 bridgehead atoms. The fourth-order valence-electron chi connectivity index (χ4n) is 4.53. The first kappa shape index (κ1) is 16.4. The Kier molecular flexibility index (Phi) is 4.37. The van der Waals surface area contributed by atoms with E-state index in [-0.39, 0.29) is 0 Å². The fourth-order valence-corrected chi connectivity index (χ4v) is 4.53. The minimum absolute atomic E-state index is 0.774. The van der Waals surface area contributed by atoms with Crippen LogP contribution in [0.15, 0.2) is 42.0 Å². The minimum atomic E-state index is 0.774. The second kappa shape index (κ2) is 6.67. The van der Waals surface area contributed by atoms with Crippen LogP contribution in [0.1, 0.15) is 48.8 Å². The summed E-state index contributed by atoms with van der Waals surface area (Å²) in [6.45, 7) is 6.59. The molecule has 0 spiro atoms. The zero-order valence-electron chi connectivity index (χ0n) is 15.7. The van der Waals surface area contributed by atoms with Crippen LogP contribution in [0.5, 0.6) is 0 Å². The van der Waals surface area contributed by atoms with E-state index in [0.29, 0.717) is 0 Å². The van der Waals surface area contributed by atoms with Gasteiger partial charge in [0.25, 0.3) is 0 Å². The van der Waals surface area contributed by atoms with Gasteiger partial charge in [0, 0.05) is 0 Å². The SMILES string of the molecule is Cc1cc(C)cc(-c2cc(C)cc3c2=CC(=CC2CCCCC2)C=3)c1. The van der Waals surface area contributed by atoms with Crippen molar-refractivity contribution in [2.75, 3.05) is 0 Å². The van der Waals surface area contributed by atoms with Crippen molar-refractivity contribution in [3.63, 3.8) is 0 Å². The summed E-state index contributed by atoms with van der Waals surface area (Å²) in [5.74, 6) is 0.774. The summed E-state index contributed by atoms with van der Waals surface area (Å²) < 4.78 is 0. The number of benzene rings is 2. The quantitative estimate of drug-likeness (QED) is 0.696. The molecule has 0 aromatic heterocycles. The van der Waals surface area contributed by atoms with Gasteiger partial charge >= 0.3 is 0 Å². The van der Waals surface area contributed by atoms with Gasteiger partial charge in [0.1, 0.15) is 0 Å². The van der Waals surface area contributed by atoms with Crippen LogP contribution in [0.3, 0.4) is 0 Å². The first-order valence-corrected chi connectivity index (χ1v) is 9.73. The molecule has 0 radical (unpaired) electrons. The summed E-state index contributed by atoms with van der Waals surface area (Å²) in [4.78, 5) is 0. The van der Waals surface area contributed by atoms with Crippen molar-refractivity contribution in [1.29, 1.82) is 0 Å². The first-order chi connectivity index (χ1) is 12.1. The van der Waals surface area contributed by atoms with Crippen molar-refractivity contribution in [2.24, 2.45) is 5.92 Å². The van der Waals surface area contributed by atoms with Crippen LogP contribution in [-0.2, 0) is 0 Å². The van der Waals surface area contributed by atoms with E-state index in [0.717, 1.165) is 5.92 Å². The van der Waals surface area contributed by atoms with E-state index in [2.05, 4.69) is 69.3 Å². The molecular formula is C25H28. The summed E-state index contributed by atoms with van der Waals surface area (Å²) in [6.07, 6.45) is 14.3. The second-order valence-corrected chi connectivity index (χ2v) is 8.05. The molecule has 0 unspecified atom stereocenters. The highest BCUT2D eigenvalue weighted by molar-refractivity contribution is 5.78. The van der Waals surface area contributed by atoms with Crippen molar-refractivity contribution in [2.45, 2.75) is 52.9 Å². The van der Waals surface area contributed by atoms with E-state index in [1.165, 1.54) is 75.9 Å². The largest absolute Gasteiger partial charge is 0.0741 e. The van der Waals surface area contributed by atoms with Gasteiger partial charge in [-0.15, -0.1) is 0 Å². The number of fused-ring (bicyclic) bond motifs is 1. The highest BCUT2D eigenvalue weighted by atomic mass is 14.2. The summed E-state index contributed by atoms with van der Waals surface area (Å²) in [5, 5.41) is 2.79. The van der Waals surface area contributed by atoms with E-state index in [1.54, 1.807) is 0 Å². The summed E-state index contributed by atoms with van der Waals surface area (Å²) in [6, 6.07) is 11.6. The van der Waals surface area contributed by atoms with Gasteiger partial charge in [-0.25, -0.2) is 0 Å². The van der Waals surface area contributed by atoms with Crippen molar-refractivity contribution in [3.05, 3.63) is 69.1 Å². The van der Waals surface area contributed by atoms with Crippen molar-refractivity contribution >= 4 is 12.2 Å². The monoisotopic (exact) mass is 328 g/mol. The van der Waals surface area contributed by atoms with Gasteiger partial charge in [-0.05, 0) is 84.4 Å². The Hall–Kier alpha value is -2.08. The maximum absolute atomic E-state index is 2.53. The van der Waals surface area contributed by atoms with Crippen molar-refractivity contribution < 1.29 is 0 Å². The highest BCUT2D eigenvalue weighted by Gasteiger charge is 2.13. The molecule has 0 amide bonds. The van der Waals surface area contributed by atoms with Crippen LogP contribution in [0.4, 0.5) is 0 Å². The molecule has 0 saturated heterocycles. The van der Waals surface area contributed by atoms with Gasteiger partial charge in [-0.2, -0.15) is 0 Å². The molecule has 0 heterocycles. The molecule has 2 aliphatic rings. The average Bonchev–Trinajstić information content (AvgIpc) is 2.96. The average molecular weight is 328 g/mol. The Morgan fingerprint density at radius 3 is 2.16 bits per heavy atom. The maximum Gasteiger partial charge on any atom is -0.00992 e. The molecule has 2 aromatic carbocycles. The van der Waals surface area contributed by atoms with E-state index < -0.39 is 0 Å². The third-order valence-corrected chi connectivity index (χ3v) is 5.60. The topological polar surface area (TPSA) is 0 Å². The number of aryl methyl sites for hydroxylation is 3. The minimum Gasteiger partial charge on any atom is -0.0741 e. The smallest absolute Gasteiger partial charge is 0.00992 e. The van der Waals surface area contributed by atoms with Gasteiger partial charge in [-0.3, -0.25) is 0 Å². The molecule has 2 aromatic rings. The van der Waals surface area contributed by atoms with Crippen molar-refractivity contribution in [3.8, 4) is 11.1 Å². The second-order valence-electron chi connectivity index (χ2n) is 8.05. The molecule has 0 aliphatic heterocycles. The van der Waals surface area contributed by atoms with Gasteiger partial charge < -0.3 is 0 Å². The summed E-state index contributed by atoms with van der Waals surface area (Å²) in [5.41, 5.74) is 8.16. The summed E-state index contributed by atoms with van der Waals surface area (Å²) in [7, 11) is 0. The standard InChI is InChI=1S/C25H28/c1-17-9-18(2)11-22(10-17)24-13-19(3)12-23-15-21(16-25(23)24)14-20-7-5-4-6-8-20/h9-16,20H,4-8H2,1-3H3. The predicted molar refractivity (Wildman–Crippen MR) is 109 cm³/mol. The Labute approximate surface area is 151 Å². The molecule has 0 atom stereocenters. The lowest BCUT2D eigenvalue weighted by Gasteiger charge is -2.18. The van der Waals surface area contributed by atoms with E-state index >= 15 is 0 Å². The third kappa shape index (κ3) is 3.49. The van der Waals surface area contributed by atoms with Crippen LogP contribution in [0.2, 0.25) is 0 Å².